The highest BCUT2D eigenvalue weighted by Crippen LogP contribution is 2.18. The van der Waals surface area contributed by atoms with Gasteiger partial charge in [-0.1, -0.05) is 23.7 Å². The number of nitrogens with zero attached hydrogens (tertiary/aromatic N) is 1. The third-order valence-corrected chi connectivity index (χ3v) is 3.88. The van der Waals surface area contributed by atoms with E-state index in [1.165, 1.54) is 12.1 Å². The van der Waals surface area contributed by atoms with Gasteiger partial charge in [-0.05, 0) is 36.4 Å². The Bertz CT molecular complexity index is 969. The van der Waals surface area contributed by atoms with Crippen LogP contribution in [0.15, 0.2) is 53.6 Å². The molecule has 0 radical (unpaired) electrons. The number of carbonyl (C=O) groups excluding carboxylic acids is 2. The van der Waals surface area contributed by atoms with Crippen molar-refractivity contribution in [3.8, 4) is 5.75 Å². The number of carbonyl (C=O) groups is 2. The molecule has 10 heteroatoms. The predicted molar refractivity (Wildman–Crippen MR) is 99.2 cm³/mol. The maximum absolute atomic E-state index is 11.6. The first kappa shape index (κ1) is 20.4. The number of nitrogens with one attached hydrogen (secondary N) is 1. The molecule has 1 amide bonds. The van der Waals surface area contributed by atoms with Crippen LogP contribution in [0.25, 0.3) is 0 Å². The van der Waals surface area contributed by atoms with E-state index in [9.17, 15) is 18.0 Å². The standard InChI is InChI=1S/C17H15ClN2O6S/c1-25-17(22)16(21)20-19-15(11-3-7-13(18)8-4-11)12-5-9-14(10-6-12)26-27(2,23)24/h3-10H,1-2H3,(H,20,21). The van der Waals surface area contributed by atoms with Crippen molar-refractivity contribution < 1.29 is 26.9 Å². The molecule has 2 aromatic rings. The highest BCUT2D eigenvalue weighted by Gasteiger charge is 2.15. The number of hydrogen-bond donors (Lipinski definition) is 1. The quantitative estimate of drug-likeness (QED) is 0.264. The van der Waals surface area contributed by atoms with E-state index < -0.39 is 22.0 Å². The van der Waals surface area contributed by atoms with E-state index >= 15 is 0 Å². The summed E-state index contributed by atoms with van der Waals surface area (Å²) in [7, 11) is -2.58. The molecule has 0 bridgehead atoms. The molecule has 2 rings (SSSR count). The molecule has 0 aliphatic rings. The maximum Gasteiger partial charge on any atom is 0.398 e. The molecule has 0 saturated carbocycles. The number of ether oxygens (including phenoxy) is 1. The van der Waals surface area contributed by atoms with Crippen LogP contribution in [0.2, 0.25) is 5.02 Å². The van der Waals surface area contributed by atoms with E-state index in [0.717, 1.165) is 13.4 Å². The highest BCUT2D eigenvalue weighted by molar-refractivity contribution is 7.86. The third-order valence-electron chi connectivity index (χ3n) is 3.13. The van der Waals surface area contributed by atoms with Crippen LogP contribution in [-0.4, -0.2) is 39.4 Å². The first-order chi connectivity index (χ1) is 12.7. The van der Waals surface area contributed by atoms with Crippen LogP contribution in [0.3, 0.4) is 0 Å². The predicted octanol–water partition coefficient (Wildman–Crippen LogP) is 1.72. The summed E-state index contributed by atoms with van der Waals surface area (Å²) in [6, 6.07) is 12.6. The van der Waals surface area contributed by atoms with Crippen molar-refractivity contribution in [3.63, 3.8) is 0 Å². The number of amides is 1. The molecule has 0 aliphatic carbocycles. The molecular formula is C17H15ClN2O6S. The number of hydrogen-bond acceptors (Lipinski definition) is 7. The fourth-order valence-corrected chi connectivity index (χ4v) is 2.58. The fraction of sp³-hybridized carbons (Fsp3) is 0.118. The summed E-state index contributed by atoms with van der Waals surface area (Å²) in [6.07, 6.45) is 0.934. The highest BCUT2D eigenvalue weighted by atomic mass is 35.5. The molecule has 1 N–H and O–H groups in total. The molecule has 27 heavy (non-hydrogen) atoms. The molecule has 2 aromatic carbocycles. The zero-order valence-electron chi connectivity index (χ0n) is 14.3. The van der Waals surface area contributed by atoms with Gasteiger partial charge in [0.2, 0.25) is 0 Å². The largest absolute Gasteiger partial charge is 0.462 e. The molecule has 0 fully saturated rings. The summed E-state index contributed by atoms with van der Waals surface area (Å²) < 4.78 is 31.5. The van der Waals surface area contributed by atoms with Gasteiger partial charge in [-0.15, -0.1) is 0 Å². The molecule has 0 spiro atoms. The average molecular weight is 411 g/mol. The molecule has 0 atom stereocenters. The Hall–Kier alpha value is -2.91. The zero-order chi connectivity index (χ0) is 20.0. The van der Waals surface area contributed by atoms with Gasteiger partial charge in [-0.3, -0.25) is 4.79 Å². The number of hydrazone groups is 1. The van der Waals surface area contributed by atoms with Crippen LogP contribution < -0.4 is 9.61 Å². The zero-order valence-corrected chi connectivity index (χ0v) is 15.9. The maximum atomic E-state index is 11.6. The minimum Gasteiger partial charge on any atom is -0.462 e. The van der Waals surface area contributed by atoms with Gasteiger partial charge in [-0.2, -0.15) is 13.5 Å². The Morgan fingerprint density at radius 3 is 2.00 bits per heavy atom. The Labute approximate surface area is 160 Å². The van der Waals surface area contributed by atoms with E-state index in [4.69, 9.17) is 15.8 Å². The number of methoxy groups -OCH3 is 1. The Kier molecular flexibility index (Phi) is 6.54. The number of halogens is 1. The van der Waals surface area contributed by atoms with E-state index in [2.05, 4.69) is 15.3 Å². The minimum absolute atomic E-state index is 0.121. The summed E-state index contributed by atoms with van der Waals surface area (Å²) in [5.74, 6) is -2.01. The smallest absolute Gasteiger partial charge is 0.398 e. The van der Waals surface area contributed by atoms with Crippen LogP contribution >= 0.6 is 11.6 Å². The fourth-order valence-electron chi connectivity index (χ4n) is 1.99. The normalized spacial score (nSPS) is 11.6. The van der Waals surface area contributed by atoms with Crippen LogP contribution in [0.1, 0.15) is 11.1 Å². The van der Waals surface area contributed by atoms with Crippen molar-refractivity contribution in [3.05, 3.63) is 64.7 Å². The Morgan fingerprint density at radius 1 is 1.00 bits per heavy atom. The molecule has 0 saturated heterocycles. The van der Waals surface area contributed by atoms with Crippen LogP contribution in [-0.2, 0) is 24.4 Å². The SMILES string of the molecule is COC(=O)C(=O)NN=C(c1ccc(Cl)cc1)c1ccc(OS(C)(=O)=O)cc1. The summed E-state index contributed by atoms with van der Waals surface area (Å²) >= 11 is 5.89. The monoisotopic (exact) mass is 410 g/mol. The lowest BCUT2D eigenvalue weighted by molar-refractivity contribution is -0.152. The van der Waals surface area contributed by atoms with Gasteiger partial charge < -0.3 is 8.92 Å². The molecular weight excluding hydrogens is 396 g/mol. The third kappa shape index (κ3) is 6.08. The lowest BCUT2D eigenvalue weighted by atomic mass is 10.0. The first-order valence-corrected chi connectivity index (χ1v) is 9.61. The molecule has 0 unspecified atom stereocenters. The van der Waals surface area contributed by atoms with Crippen molar-refractivity contribution in [2.24, 2.45) is 5.10 Å². The topological polar surface area (TPSA) is 111 Å². The molecule has 0 aliphatic heterocycles. The van der Waals surface area contributed by atoms with Gasteiger partial charge in [0.25, 0.3) is 0 Å². The summed E-state index contributed by atoms with van der Waals surface area (Å²) in [4.78, 5) is 22.8. The van der Waals surface area contributed by atoms with Crippen molar-refractivity contribution >= 4 is 39.3 Å². The summed E-state index contributed by atoms with van der Waals surface area (Å²) in [6.45, 7) is 0. The van der Waals surface area contributed by atoms with E-state index in [0.29, 0.717) is 21.9 Å². The lowest BCUT2D eigenvalue weighted by Crippen LogP contribution is -2.29. The molecule has 8 nitrogen and oxygen atoms in total. The van der Waals surface area contributed by atoms with Gasteiger partial charge in [0.1, 0.15) is 5.75 Å². The number of benzene rings is 2. The average Bonchev–Trinajstić information content (AvgIpc) is 2.62. The summed E-state index contributed by atoms with van der Waals surface area (Å²) in [5.41, 5.74) is 3.56. The van der Waals surface area contributed by atoms with E-state index in [-0.39, 0.29) is 5.75 Å². The van der Waals surface area contributed by atoms with Gasteiger partial charge in [0.05, 0.1) is 19.1 Å². The molecule has 0 heterocycles. The number of rotatable bonds is 5. The molecule has 142 valence electrons. The van der Waals surface area contributed by atoms with Crippen LogP contribution in [0.4, 0.5) is 0 Å². The van der Waals surface area contributed by atoms with Crippen LogP contribution in [0, 0.1) is 0 Å². The van der Waals surface area contributed by atoms with Gasteiger partial charge >= 0.3 is 22.0 Å². The van der Waals surface area contributed by atoms with E-state index in [1.54, 1.807) is 36.4 Å². The van der Waals surface area contributed by atoms with Crippen molar-refractivity contribution in [2.45, 2.75) is 0 Å². The second-order valence-electron chi connectivity index (χ2n) is 5.21. The van der Waals surface area contributed by atoms with Gasteiger partial charge in [0, 0.05) is 16.1 Å². The van der Waals surface area contributed by atoms with Crippen molar-refractivity contribution in [1.29, 1.82) is 0 Å². The van der Waals surface area contributed by atoms with Crippen molar-refractivity contribution in [2.75, 3.05) is 13.4 Å². The minimum atomic E-state index is -3.65. The summed E-state index contributed by atoms with van der Waals surface area (Å²) in [5, 5.41) is 4.49. The Morgan fingerprint density at radius 2 is 1.52 bits per heavy atom. The number of esters is 1. The molecule has 0 aromatic heterocycles. The van der Waals surface area contributed by atoms with Crippen molar-refractivity contribution in [1.82, 2.24) is 5.43 Å². The van der Waals surface area contributed by atoms with E-state index in [1.807, 2.05) is 0 Å². The first-order valence-electron chi connectivity index (χ1n) is 7.41. The second-order valence-corrected chi connectivity index (χ2v) is 7.22. The van der Waals surface area contributed by atoms with Gasteiger partial charge in [-0.25, -0.2) is 10.2 Å². The lowest BCUT2D eigenvalue weighted by Gasteiger charge is -2.09. The van der Waals surface area contributed by atoms with Gasteiger partial charge in [0.15, 0.2) is 0 Å². The Balaban J connectivity index is 2.38. The second kappa shape index (κ2) is 8.65. The van der Waals surface area contributed by atoms with Crippen LogP contribution in [0.5, 0.6) is 5.75 Å².